The van der Waals surface area contributed by atoms with Crippen molar-refractivity contribution in [3.8, 4) is 0 Å². The highest BCUT2D eigenvalue weighted by molar-refractivity contribution is 7.96. The van der Waals surface area contributed by atoms with E-state index in [9.17, 15) is 4.79 Å². The number of azo groups is 1. The van der Waals surface area contributed by atoms with Gasteiger partial charge in [0, 0.05) is 6.89 Å². The molecule has 0 aliphatic carbocycles. The van der Waals surface area contributed by atoms with Crippen LogP contribution in [-0.2, 0) is 0 Å². The van der Waals surface area contributed by atoms with Gasteiger partial charge in [0.2, 0.25) is 5.78 Å². The molecular weight excluding hydrogens is 411 g/mol. The van der Waals surface area contributed by atoms with E-state index < -0.39 is 6.89 Å². The van der Waals surface area contributed by atoms with Crippen molar-refractivity contribution in [2.45, 2.75) is 13.8 Å². The molecule has 5 rings (SSSR count). The third-order valence-electron chi connectivity index (χ3n) is 5.35. The number of hydrogen-bond donors (Lipinski definition) is 0. The minimum atomic E-state index is -2.53. The fraction of sp³-hybridized carbons (Fsp3) is 0.0714. The molecule has 0 bridgehead atoms. The van der Waals surface area contributed by atoms with E-state index in [-0.39, 0.29) is 5.78 Å². The molecule has 0 aromatic heterocycles. The predicted octanol–water partition coefficient (Wildman–Crippen LogP) is 6.12. The fourth-order valence-electron chi connectivity index (χ4n) is 4.01. The van der Waals surface area contributed by atoms with E-state index in [0.29, 0.717) is 16.7 Å². The van der Waals surface area contributed by atoms with Gasteiger partial charge in [-0.05, 0) is 28.0 Å². The summed E-state index contributed by atoms with van der Waals surface area (Å²) in [6.45, 7) is 1.47. The first-order valence-corrected chi connectivity index (χ1v) is 12.6. The second kappa shape index (κ2) is 9.72. The number of Topliss-reactive ketones (excluding diaryl/α,β-unsaturated/α-hetero) is 1. The summed E-state index contributed by atoms with van der Waals surface area (Å²) in [5, 5.41) is 12.3. The maximum atomic E-state index is 13.8. The Morgan fingerprint density at radius 3 is 1.41 bits per heavy atom. The van der Waals surface area contributed by atoms with Gasteiger partial charge in [-0.15, -0.1) is 10.2 Å². The van der Waals surface area contributed by atoms with Gasteiger partial charge in [-0.3, -0.25) is 4.79 Å². The molecule has 32 heavy (non-hydrogen) atoms. The summed E-state index contributed by atoms with van der Waals surface area (Å²) in [5.74, 6) is -0.0505. The smallest absolute Gasteiger partial charge is 0.216 e. The lowest BCUT2D eigenvalue weighted by molar-refractivity contribution is 0.106. The molecule has 0 fully saturated rings. The maximum Gasteiger partial charge on any atom is 0.216 e. The summed E-state index contributed by atoms with van der Waals surface area (Å²) in [5.41, 5.74) is 1.75. The molecule has 0 amide bonds. The first kappa shape index (κ1) is 21.7. The van der Waals surface area contributed by atoms with Gasteiger partial charge in [0.15, 0.2) is 0 Å². The van der Waals surface area contributed by atoms with Gasteiger partial charge < -0.3 is 0 Å². The van der Waals surface area contributed by atoms with Gasteiger partial charge in [0.25, 0.3) is 0 Å². The summed E-state index contributed by atoms with van der Waals surface area (Å²) < 4.78 is 0. The molecule has 0 radical (unpaired) electrons. The van der Waals surface area contributed by atoms with Crippen molar-refractivity contribution in [3.05, 3.63) is 121 Å². The van der Waals surface area contributed by atoms with Crippen molar-refractivity contribution in [3.63, 3.8) is 0 Å². The van der Waals surface area contributed by atoms with Crippen molar-refractivity contribution in [2.24, 2.45) is 10.2 Å². The number of fused-ring (bicyclic) bond motifs is 1. The number of benzene rings is 4. The molecule has 1 heterocycles. The standard InChI is InChI=1S/C26H19N2OP.C2H6/c29-25-23-18-10-11-19-24(23)27-28-26(25)30(20-12-4-1-5-13-20,21-14-6-2-7-15-21)22-16-8-3-9-17-22;1-2/h1-19H;1-2H3. The maximum absolute atomic E-state index is 13.8. The van der Waals surface area contributed by atoms with Crippen LogP contribution in [0.1, 0.15) is 24.2 Å². The van der Waals surface area contributed by atoms with Crippen LogP contribution >= 0.6 is 6.89 Å². The Balaban J connectivity index is 0.00000119. The lowest BCUT2D eigenvalue weighted by atomic mass is 10.1. The van der Waals surface area contributed by atoms with E-state index in [2.05, 4.69) is 46.6 Å². The highest BCUT2D eigenvalue weighted by Gasteiger charge is 2.36. The molecule has 0 spiro atoms. The lowest BCUT2D eigenvalue weighted by Crippen LogP contribution is -2.33. The number of rotatable bonds is 3. The third kappa shape index (κ3) is 3.66. The van der Waals surface area contributed by atoms with Gasteiger partial charge in [-0.1, -0.05) is 117 Å². The van der Waals surface area contributed by atoms with Crippen LogP contribution in [0.2, 0.25) is 0 Å². The summed E-state index contributed by atoms with van der Waals surface area (Å²) in [7, 11) is 0. The number of carbonyl (C=O) groups is 1. The van der Waals surface area contributed by atoms with Gasteiger partial charge >= 0.3 is 0 Å². The van der Waals surface area contributed by atoms with Crippen LogP contribution in [0.3, 0.4) is 0 Å². The molecular formula is C28H25N2OP. The normalized spacial score (nSPS) is 12.6. The highest BCUT2D eigenvalue weighted by Crippen LogP contribution is 2.48. The summed E-state index contributed by atoms with van der Waals surface area (Å²) >= 11 is 0. The Morgan fingerprint density at radius 1 is 0.531 bits per heavy atom. The van der Waals surface area contributed by atoms with Gasteiger partial charge in [0.1, 0.15) is 5.42 Å². The Labute approximate surface area is 189 Å². The molecule has 0 N–H and O–H groups in total. The van der Waals surface area contributed by atoms with Crippen molar-refractivity contribution >= 4 is 39.7 Å². The van der Waals surface area contributed by atoms with E-state index in [4.69, 9.17) is 0 Å². The molecule has 0 saturated heterocycles. The van der Waals surface area contributed by atoms with Gasteiger partial charge in [-0.2, -0.15) is 0 Å². The van der Waals surface area contributed by atoms with E-state index in [1.165, 1.54) is 0 Å². The predicted molar refractivity (Wildman–Crippen MR) is 137 cm³/mol. The zero-order valence-electron chi connectivity index (χ0n) is 18.2. The molecule has 0 atom stereocenters. The Bertz CT molecular complexity index is 1190. The lowest BCUT2D eigenvalue weighted by Gasteiger charge is -2.31. The summed E-state index contributed by atoms with van der Waals surface area (Å²) in [6.07, 6.45) is 0. The minimum absolute atomic E-state index is 0.0505. The van der Waals surface area contributed by atoms with E-state index in [1.807, 2.05) is 92.7 Å². The minimum Gasteiger partial charge on any atom is -0.287 e. The van der Waals surface area contributed by atoms with Gasteiger partial charge in [0.05, 0.1) is 11.3 Å². The van der Waals surface area contributed by atoms with Crippen LogP contribution in [0, 0.1) is 0 Å². The Morgan fingerprint density at radius 2 is 0.938 bits per heavy atom. The molecule has 4 aromatic carbocycles. The average molecular weight is 436 g/mol. The van der Waals surface area contributed by atoms with Crippen LogP contribution in [-0.4, -0.2) is 11.2 Å². The highest BCUT2D eigenvalue weighted by atomic mass is 31.2. The number of nitrogens with zero attached hydrogens (tertiary/aromatic N) is 2. The van der Waals surface area contributed by atoms with Crippen LogP contribution in [0.5, 0.6) is 0 Å². The molecule has 1 aliphatic rings. The first-order valence-electron chi connectivity index (χ1n) is 10.8. The van der Waals surface area contributed by atoms with Crippen LogP contribution in [0.15, 0.2) is 125 Å². The Hall–Kier alpha value is -3.55. The molecule has 0 unspecified atom stereocenters. The van der Waals surface area contributed by atoms with Crippen LogP contribution in [0.25, 0.3) is 0 Å². The van der Waals surface area contributed by atoms with Crippen LogP contribution in [0.4, 0.5) is 5.69 Å². The molecule has 1 aliphatic heterocycles. The molecule has 158 valence electrons. The van der Waals surface area contributed by atoms with E-state index >= 15 is 0 Å². The average Bonchev–Trinajstić information content (AvgIpc) is 2.89. The zero-order chi connectivity index (χ0) is 22.4. The van der Waals surface area contributed by atoms with Crippen LogP contribution < -0.4 is 15.9 Å². The fourth-order valence-corrected chi connectivity index (χ4v) is 8.10. The SMILES string of the molecule is CC.O=C1C(=P(c2ccccc2)(c2ccccc2)c2ccccc2)N=Nc2ccccc21. The van der Waals surface area contributed by atoms with Crippen molar-refractivity contribution in [2.75, 3.05) is 0 Å². The molecule has 0 saturated carbocycles. The summed E-state index contributed by atoms with van der Waals surface area (Å²) in [6, 6.07) is 38.2. The molecule has 3 nitrogen and oxygen atoms in total. The number of hydrogen-bond acceptors (Lipinski definition) is 2. The second-order valence-corrected chi connectivity index (χ2v) is 10.4. The number of carbonyl (C=O) groups excluding carboxylic acids is 1. The van der Waals surface area contributed by atoms with Gasteiger partial charge in [-0.25, -0.2) is 0 Å². The number of ketones is 1. The zero-order valence-corrected chi connectivity index (χ0v) is 19.1. The van der Waals surface area contributed by atoms with Crippen molar-refractivity contribution in [1.82, 2.24) is 0 Å². The first-order chi connectivity index (χ1) is 15.8. The van der Waals surface area contributed by atoms with E-state index in [0.717, 1.165) is 15.9 Å². The van der Waals surface area contributed by atoms with E-state index in [1.54, 1.807) is 0 Å². The van der Waals surface area contributed by atoms with Crippen molar-refractivity contribution in [1.29, 1.82) is 0 Å². The third-order valence-corrected chi connectivity index (χ3v) is 9.50. The largest absolute Gasteiger partial charge is 0.287 e. The molecule has 4 heteroatoms. The topological polar surface area (TPSA) is 41.8 Å². The molecule has 4 aromatic rings. The quantitative estimate of drug-likeness (QED) is 0.357. The Kier molecular flexibility index (Phi) is 6.58. The van der Waals surface area contributed by atoms with Crippen molar-refractivity contribution < 1.29 is 4.79 Å². The monoisotopic (exact) mass is 436 g/mol. The summed E-state index contributed by atoms with van der Waals surface area (Å²) in [4.78, 5) is 13.8. The second-order valence-electron chi connectivity index (χ2n) is 7.05.